The summed E-state index contributed by atoms with van der Waals surface area (Å²) in [5.74, 6) is 0. The van der Waals surface area contributed by atoms with Crippen molar-refractivity contribution in [3.05, 3.63) is 16.1 Å². The summed E-state index contributed by atoms with van der Waals surface area (Å²) in [7, 11) is -18.0. The van der Waals surface area contributed by atoms with Crippen molar-refractivity contribution in [2.45, 2.75) is 25.2 Å². The van der Waals surface area contributed by atoms with Gasteiger partial charge in [-0.3, -0.25) is 26.4 Å². The van der Waals surface area contributed by atoms with Gasteiger partial charge in [-0.2, -0.15) is 0 Å². The van der Waals surface area contributed by atoms with Crippen LogP contribution in [-0.4, -0.2) is 56.6 Å². The van der Waals surface area contributed by atoms with E-state index in [0.29, 0.717) is 5.01 Å². The molecule has 0 radical (unpaired) electrons. The fourth-order valence-electron chi connectivity index (χ4n) is 2.17. The molecule has 0 fully saturated rings. The van der Waals surface area contributed by atoms with Gasteiger partial charge in [0.05, 0.1) is 5.01 Å². The molecule has 1 aromatic heterocycles. The molecule has 11 nitrogen and oxygen atoms in total. The van der Waals surface area contributed by atoms with Crippen molar-refractivity contribution >= 4 is 60.0 Å². The zero-order valence-electron chi connectivity index (χ0n) is 16.3. The molecule has 29 heavy (non-hydrogen) atoms. The molecule has 170 valence electrons. The minimum atomic E-state index is -4.49. The summed E-state index contributed by atoms with van der Waals surface area (Å²) >= 11 is 1.37. The van der Waals surface area contributed by atoms with Gasteiger partial charge in [0.15, 0.2) is 38.9 Å². The van der Waals surface area contributed by atoms with Gasteiger partial charge in [0.25, 0.3) is 0 Å². The molecular formula is C11H25NO10P6S. The van der Waals surface area contributed by atoms with Crippen LogP contribution in [0.3, 0.4) is 0 Å². The molecule has 4 atom stereocenters. The fourth-order valence-corrected chi connectivity index (χ4v) is 14.5. The minimum absolute atomic E-state index is 0.153. The van der Waals surface area contributed by atoms with E-state index >= 15 is 0 Å². The molecule has 18 heteroatoms. The van der Waals surface area contributed by atoms with E-state index in [1.165, 1.54) is 38.0 Å². The molecule has 0 aromatic carbocycles. The summed E-state index contributed by atoms with van der Waals surface area (Å²) < 4.78 is 47.6. The Bertz CT molecular complexity index is 665. The third-order valence-corrected chi connectivity index (χ3v) is 15.0. The smallest absolute Gasteiger partial charge is 0.350 e. The maximum absolute atomic E-state index is 13.5. The second kappa shape index (κ2) is 12.7. The van der Waals surface area contributed by atoms with E-state index in [1.807, 2.05) is 6.92 Å². The van der Waals surface area contributed by atoms with Gasteiger partial charge >= 0.3 is 15.2 Å². The van der Waals surface area contributed by atoms with E-state index in [2.05, 4.69) is 4.98 Å². The zero-order chi connectivity index (χ0) is 22.4. The third-order valence-electron chi connectivity index (χ3n) is 2.94. The summed E-state index contributed by atoms with van der Waals surface area (Å²) in [5.41, 5.74) is 0. The zero-order valence-corrected chi connectivity index (χ0v) is 22.5. The molecule has 0 spiro atoms. The van der Waals surface area contributed by atoms with Gasteiger partial charge in [-0.25, -0.2) is 4.98 Å². The van der Waals surface area contributed by atoms with Gasteiger partial charge in [0, 0.05) is 44.2 Å². The van der Waals surface area contributed by atoms with Crippen molar-refractivity contribution in [1.29, 1.82) is 0 Å². The van der Waals surface area contributed by atoms with Crippen LogP contribution in [0.1, 0.15) is 16.3 Å². The molecule has 0 aliphatic carbocycles. The SMILES string of the molecule is Cc1cnc(CCC(P(=O)(OP(C)O)OP(C)O)P(=O)(OP(C)O)OP(C)O)s1. The molecular weight excluding hydrogens is 524 g/mol. The molecule has 1 rings (SSSR count). The fraction of sp³-hybridized carbons (Fsp3) is 0.727. The number of aromatic nitrogens is 1. The van der Waals surface area contributed by atoms with E-state index in [1.54, 1.807) is 6.20 Å². The molecule has 0 bridgehead atoms. The van der Waals surface area contributed by atoms with Crippen molar-refractivity contribution < 1.29 is 45.9 Å². The molecule has 0 aliphatic rings. The molecule has 1 heterocycles. The predicted octanol–water partition coefficient (Wildman–Crippen LogP) is 4.90. The lowest BCUT2D eigenvalue weighted by Gasteiger charge is -2.33. The maximum atomic E-state index is 13.5. The van der Waals surface area contributed by atoms with Crippen LogP contribution in [0.4, 0.5) is 0 Å². The lowest BCUT2D eigenvalue weighted by Crippen LogP contribution is -2.15. The molecule has 0 saturated heterocycles. The number of thiazole rings is 1. The quantitative estimate of drug-likeness (QED) is 0.247. The van der Waals surface area contributed by atoms with Crippen molar-refractivity contribution in [2.24, 2.45) is 0 Å². The highest BCUT2D eigenvalue weighted by atomic mass is 32.1. The van der Waals surface area contributed by atoms with Crippen molar-refractivity contribution in [1.82, 2.24) is 4.98 Å². The number of hydrogen-bond donors (Lipinski definition) is 4. The Balaban J connectivity index is 3.41. The van der Waals surface area contributed by atoms with Crippen LogP contribution < -0.4 is 0 Å². The first-order valence-electron chi connectivity index (χ1n) is 7.87. The molecule has 4 unspecified atom stereocenters. The first-order valence-corrected chi connectivity index (χ1v) is 18.6. The van der Waals surface area contributed by atoms with Crippen molar-refractivity contribution in [2.75, 3.05) is 26.7 Å². The molecule has 0 aliphatic heterocycles. The summed E-state index contributed by atoms with van der Waals surface area (Å²) in [6, 6.07) is 0. The minimum Gasteiger partial charge on any atom is -0.350 e. The predicted molar refractivity (Wildman–Crippen MR) is 119 cm³/mol. The Morgan fingerprint density at radius 3 is 1.59 bits per heavy atom. The monoisotopic (exact) mass is 549 g/mol. The number of hydrogen-bond acceptors (Lipinski definition) is 12. The largest absolute Gasteiger partial charge is 0.356 e. The second-order valence-electron chi connectivity index (χ2n) is 5.65. The van der Waals surface area contributed by atoms with E-state index in [9.17, 15) is 28.7 Å². The molecule has 1 aromatic rings. The summed E-state index contributed by atoms with van der Waals surface area (Å²) in [5, 5.41) is -0.982. The number of aryl methyl sites for hydroxylation is 2. The van der Waals surface area contributed by atoms with Gasteiger partial charge in [-0.05, 0) is 13.3 Å². The van der Waals surface area contributed by atoms with Crippen molar-refractivity contribution in [3.8, 4) is 0 Å². The van der Waals surface area contributed by atoms with Crippen LogP contribution in [0, 0.1) is 6.92 Å². The Kier molecular flexibility index (Phi) is 12.4. The lowest BCUT2D eigenvalue weighted by molar-refractivity contribution is 0.347. The maximum Gasteiger partial charge on any atom is 0.356 e. The average molecular weight is 549 g/mol. The van der Waals surface area contributed by atoms with E-state index in [0.717, 1.165) is 4.88 Å². The van der Waals surface area contributed by atoms with E-state index in [4.69, 9.17) is 17.2 Å². The molecule has 0 saturated carbocycles. The van der Waals surface area contributed by atoms with Crippen LogP contribution in [-0.2, 0) is 32.8 Å². The van der Waals surface area contributed by atoms with Crippen LogP contribution >= 0.6 is 60.0 Å². The highest BCUT2D eigenvalue weighted by molar-refractivity contribution is 7.82. The number of nitrogens with zero attached hydrogens (tertiary/aromatic N) is 1. The van der Waals surface area contributed by atoms with Crippen molar-refractivity contribution in [3.63, 3.8) is 0 Å². The Labute approximate surface area is 178 Å². The summed E-state index contributed by atoms with van der Waals surface area (Å²) in [6.45, 7) is 6.77. The van der Waals surface area contributed by atoms with Crippen LogP contribution in [0.15, 0.2) is 6.20 Å². The van der Waals surface area contributed by atoms with Crippen LogP contribution in [0.5, 0.6) is 0 Å². The third kappa shape index (κ3) is 9.88. The van der Waals surface area contributed by atoms with Gasteiger partial charge in [0.2, 0.25) is 0 Å². The Hall–Kier alpha value is 1.49. The standard InChI is InChI=1S/C11H25NO10P6S/c1-9-8-12-10(29-9)6-7-11(27(17,19-23(2)13)20-24(3)14)28(18,21-25(4)15)22-26(5)16/h8,11,13-16H,6-7H2,1-5H3. The molecule has 0 amide bonds. The summed E-state index contributed by atoms with van der Waals surface area (Å²) in [6.07, 6.45) is 1.67. The molecule has 4 N–H and O–H groups in total. The average Bonchev–Trinajstić information content (AvgIpc) is 2.88. The number of rotatable bonds is 13. The van der Waals surface area contributed by atoms with Crippen LogP contribution in [0.25, 0.3) is 0 Å². The highest BCUT2D eigenvalue weighted by Gasteiger charge is 2.54. The second-order valence-corrected chi connectivity index (χ2v) is 17.1. The van der Waals surface area contributed by atoms with Gasteiger partial charge in [0.1, 0.15) is 0 Å². The van der Waals surface area contributed by atoms with E-state index < -0.39 is 54.1 Å². The summed E-state index contributed by atoms with van der Waals surface area (Å²) in [4.78, 5) is 44.0. The van der Waals surface area contributed by atoms with E-state index in [-0.39, 0.29) is 12.8 Å². The van der Waals surface area contributed by atoms with Gasteiger partial charge in [-0.1, -0.05) is 0 Å². The topological polar surface area (TPSA) is 165 Å². The highest BCUT2D eigenvalue weighted by Crippen LogP contribution is 2.80. The normalized spacial score (nSPS) is 21.6. The Morgan fingerprint density at radius 1 is 0.931 bits per heavy atom. The Morgan fingerprint density at radius 2 is 1.31 bits per heavy atom. The van der Waals surface area contributed by atoms with Crippen LogP contribution in [0.2, 0.25) is 0 Å². The first kappa shape index (κ1) is 28.5. The lowest BCUT2D eigenvalue weighted by atomic mass is 10.3. The first-order chi connectivity index (χ1) is 13.3. The van der Waals surface area contributed by atoms with Gasteiger partial charge in [-0.15, -0.1) is 11.3 Å². The van der Waals surface area contributed by atoms with Gasteiger partial charge < -0.3 is 19.6 Å².